The minimum Gasteiger partial charge on any atom is -0.494 e. The minimum absolute atomic E-state index is 0.230. The second kappa shape index (κ2) is 13.3. The molecule has 0 aliphatic carbocycles. The van der Waals surface area contributed by atoms with Crippen molar-refractivity contribution in [3.8, 4) is 11.8 Å². The fourth-order valence-electron chi connectivity index (χ4n) is 5.90. The average Bonchev–Trinajstić information content (AvgIpc) is 3.50. The van der Waals surface area contributed by atoms with E-state index in [2.05, 4.69) is 53.5 Å². The van der Waals surface area contributed by atoms with E-state index in [1.807, 2.05) is 12.1 Å². The smallest absolute Gasteiger partial charge is 0.231 e. The predicted octanol–water partition coefficient (Wildman–Crippen LogP) is 4.27. The van der Waals surface area contributed by atoms with Crippen molar-refractivity contribution in [1.82, 2.24) is 29.8 Å². The molecule has 0 atom stereocenters. The van der Waals surface area contributed by atoms with Crippen LogP contribution in [0.1, 0.15) is 11.1 Å². The fourth-order valence-corrected chi connectivity index (χ4v) is 7.29. The maximum Gasteiger partial charge on any atom is 0.231 e. The first kappa shape index (κ1) is 32.4. The summed E-state index contributed by atoms with van der Waals surface area (Å²) in [7, 11) is 2.56. The van der Waals surface area contributed by atoms with Gasteiger partial charge in [0, 0.05) is 87.1 Å². The molecule has 14 nitrogen and oxygen atoms in total. The molecule has 2 aromatic carbocycles. The van der Waals surface area contributed by atoms with Gasteiger partial charge in [-0.25, -0.2) is 0 Å². The van der Waals surface area contributed by atoms with Crippen LogP contribution in [0.25, 0.3) is 27.6 Å². The topological polar surface area (TPSA) is 186 Å². The number of H-pyrrole nitrogens is 1. The zero-order chi connectivity index (χ0) is 34.0. The van der Waals surface area contributed by atoms with E-state index in [1.165, 1.54) is 6.20 Å². The second-order valence-corrected chi connectivity index (χ2v) is 14.9. The van der Waals surface area contributed by atoms with Gasteiger partial charge in [0.1, 0.15) is 35.9 Å². The molecule has 0 bridgehead atoms. The number of hydrogen-bond acceptors (Lipinski definition) is 13. The van der Waals surface area contributed by atoms with Crippen molar-refractivity contribution in [2.75, 3.05) is 76.2 Å². The molecule has 3 aromatic heterocycles. The zero-order valence-electron chi connectivity index (χ0n) is 27.4. The number of hydrogen-bond donors (Lipinski definition) is 4. The molecule has 246 valence electrons. The van der Waals surface area contributed by atoms with Gasteiger partial charge in [0.2, 0.25) is 5.95 Å². The molecular formula is C33H37N12O2P. The lowest BCUT2D eigenvalue weighted by Crippen LogP contribution is -2.44. The molecule has 1 aliphatic rings. The third-order valence-electron chi connectivity index (χ3n) is 8.22. The monoisotopic (exact) mass is 664 g/mol. The molecule has 0 spiro atoms. The number of nitrogens with one attached hydrogen (secondary N) is 3. The Kier molecular flexibility index (Phi) is 8.99. The second-order valence-electron chi connectivity index (χ2n) is 11.8. The number of likely N-dealkylation sites (N-methyl/N-ethyl adjacent to an activating group) is 1. The Balaban J connectivity index is 1.48. The van der Waals surface area contributed by atoms with E-state index in [4.69, 9.17) is 20.4 Å². The average molecular weight is 665 g/mol. The molecule has 5 N–H and O–H groups in total. The maximum absolute atomic E-state index is 13.6. The first-order valence-corrected chi connectivity index (χ1v) is 17.9. The number of methoxy groups -OCH3 is 1. The van der Waals surface area contributed by atoms with Crippen LogP contribution in [0.3, 0.4) is 0 Å². The Labute approximate surface area is 278 Å². The van der Waals surface area contributed by atoms with Gasteiger partial charge < -0.3 is 40.5 Å². The normalized spacial score (nSPS) is 14.5. The van der Waals surface area contributed by atoms with Gasteiger partial charge in [-0.05, 0) is 38.6 Å². The number of fused-ring (bicyclic) bond motifs is 2. The number of aromatic amines is 1. The molecule has 1 fully saturated rings. The van der Waals surface area contributed by atoms with Crippen molar-refractivity contribution in [3.05, 3.63) is 60.2 Å². The number of anilines is 5. The van der Waals surface area contributed by atoms with Crippen LogP contribution in [0.15, 0.2) is 54.0 Å². The summed E-state index contributed by atoms with van der Waals surface area (Å²) in [5.41, 5.74) is 11.8. The van der Waals surface area contributed by atoms with Crippen molar-refractivity contribution in [1.29, 1.82) is 5.26 Å². The molecular weight excluding hydrogens is 627 g/mol. The quantitative estimate of drug-likeness (QED) is 0.130. The molecule has 6 rings (SSSR count). The summed E-state index contributed by atoms with van der Waals surface area (Å²) in [6.07, 6.45) is 8.02. The maximum atomic E-state index is 13.6. The van der Waals surface area contributed by atoms with Crippen LogP contribution >= 0.6 is 7.14 Å². The molecule has 1 saturated heterocycles. The largest absolute Gasteiger partial charge is 0.494 e. The summed E-state index contributed by atoms with van der Waals surface area (Å²) in [5, 5.41) is 17.6. The highest BCUT2D eigenvalue weighted by molar-refractivity contribution is 7.71. The van der Waals surface area contributed by atoms with Crippen LogP contribution in [0.4, 0.5) is 28.8 Å². The standard InChI is InChI=1S/C33H37N12O2P/c1-36-18-20(16-34)22-14-25(27(47-3)15-26(22)45-12-10-44(2)11-13-45)41-33-42-31-28(21(17-35)19-39-31)32(43-33)40-24-7-6-23-29(38-9-8-37-23)30(24)48(4,5)46/h6-9,14-16,18-19H,10-13,34H2,1-5H3,(H3,39,40,41,42,43). The number of ether oxygens (including phenoxy) is 1. The number of nitriles is 1. The lowest BCUT2D eigenvalue weighted by molar-refractivity contribution is 0.312. The molecule has 5 aromatic rings. The zero-order valence-corrected chi connectivity index (χ0v) is 28.3. The Bertz CT molecular complexity index is 2160. The summed E-state index contributed by atoms with van der Waals surface area (Å²) in [4.78, 5) is 30.4. The van der Waals surface area contributed by atoms with Crippen molar-refractivity contribution >= 4 is 75.1 Å². The van der Waals surface area contributed by atoms with Crippen LogP contribution in [0, 0.1) is 11.3 Å². The highest BCUT2D eigenvalue weighted by Crippen LogP contribution is 2.42. The number of nitrogens with zero attached hydrogens (tertiary/aromatic N) is 8. The number of aromatic nitrogens is 5. The Hall–Kier alpha value is -5.51. The lowest BCUT2D eigenvalue weighted by Gasteiger charge is -2.35. The van der Waals surface area contributed by atoms with Gasteiger partial charge in [-0.15, -0.1) is 0 Å². The van der Waals surface area contributed by atoms with E-state index in [0.29, 0.717) is 55.9 Å². The molecule has 15 heteroatoms. The molecule has 1 aliphatic heterocycles. The predicted molar refractivity (Wildman–Crippen MR) is 193 cm³/mol. The van der Waals surface area contributed by atoms with Crippen molar-refractivity contribution in [2.45, 2.75) is 0 Å². The molecule has 0 radical (unpaired) electrons. The van der Waals surface area contributed by atoms with Crippen molar-refractivity contribution < 1.29 is 9.30 Å². The van der Waals surface area contributed by atoms with E-state index in [9.17, 15) is 9.83 Å². The van der Waals surface area contributed by atoms with Gasteiger partial charge in [0.15, 0.2) is 0 Å². The lowest BCUT2D eigenvalue weighted by atomic mass is 10.0. The summed E-state index contributed by atoms with van der Waals surface area (Å²) < 4.78 is 19.5. The number of allylic oxidation sites excluding steroid dienone is 1. The van der Waals surface area contributed by atoms with Gasteiger partial charge in [-0.3, -0.25) is 15.0 Å². The molecule has 0 unspecified atom stereocenters. The number of nitrogens with two attached hydrogens (primary N) is 1. The Morgan fingerprint density at radius 1 is 1.12 bits per heavy atom. The van der Waals surface area contributed by atoms with Crippen LogP contribution in [0.2, 0.25) is 0 Å². The third-order valence-corrected chi connectivity index (χ3v) is 9.75. The number of piperazine rings is 1. The summed E-state index contributed by atoms with van der Waals surface area (Å²) in [6.45, 7) is 6.90. The van der Waals surface area contributed by atoms with Crippen LogP contribution in [0.5, 0.6) is 5.75 Å². The molecule has 0 saturated carbocycles. The van der Waals surface area contributed by atoms with E-state index < -0.39 is 7.14 Å². The highest BCUT2D eigenvalue weighted by atomic mass is 31.2. The molecule has 48 heavy (non-hydrogen) atoms. The van der Waals surface area contributed by atoms with E-state index in [1.54, 1.807) is 64.4 Å². The number of benzene rings is 2. The summed E-state index contributed by atoms with van der Waals surface area (Å²) in [6, 6.07) is 9.75. The Morgan fingerprint density at radius 2 is 1.90 bits per heavy atom. The van der Waals surface area contributed by atoms with Crippen LogP contribution < -0.4 is 31.3 Å². The van der Waals surface area contributed by atoms with Gasteiger partial charge in [0.25, 0.3) is 0 Å². The van der Waals surface area contributed by atoms with Gasteiger partial charge in [0.05, 0.1) is 40.3 Å². The summed E-state index contributed by atoms with van der Waals surface area (Å²) in [5.74, 6) is 1.15. The highest BCUT2D eigenvalue weighted by Gasteiger charge is 2.25. The van der Waals surface area contributed by atoms with Crippen molar-refractivity contribution in [2.24, 2.45) is 10.7 Å². The molecule has 4 heterocycles. The third kappa shape index (κ3) is 6.25. The van der Waals surface area contributed by atoms with E-state index in [-0.39, 0.29) is 5.95 Å². The first-order chi connectivity index (χ1) is 23.1. The number of rotatable bonds is 9. The SMILES string of the molecule is CN=CC(=CN)c1cc(Nc2nc(Nc3ccc4nccnc4c3P(C)(C)=O)c3c(C#N)c[nH]c3n2)c(OC)cc1N1CCN(C)CC1. The molecule has 0 amide bonds. The first-order valence-electron chi connectivity index (χ1n) is 15.3. The van der Waals surface area contributed by atoms with Gasteiger partial charge >= 0.3 is 0 Å². The fraction of sp³-hybridized carbons (Fsp3) is 0.273. The van der Waals surface area contributed by atoms with E-state index in [0.717, 1.165) is 43.0 Å². The van der Waals surface area contributed by atoms with Gasteiger partial charge in [-0.2, -0.15) is 15.2 Å². The summed E-state index contributed by atoms with van der Waals surface area (Å²) >= 11 is 0. The van der Waals surface area contributed by atoms with E-state index >= 15 is 0 Å². The number of aliphatic imine (C=N–C) groups is 1. The van der Waals surface area contributed by atoms with Crippen LogP contribution in [-0.4, -0.2) is 96.7 Å². The van der Waals surface area contributed by atoms with Gasteiger partial charge in [-0.1, -0.05) is 0 Å². The Morgan fingerprint density at radius 3 is 2.58 bits per heavy atom. The van der Waals surface area contributed by atoms with Crippen LogP contribution in [-0.2, 0) is 4.57 Å². The van der Waals surface area contributed by atoms with Crippen molar-refractivity contribution in [3.63, 3.8) is 0 Å². The minimum atomic E-state index is -2.87.